The summed E-state index contributed by atoms with van der Waals surface area (Å²) in [6.45, 7) is 2.07. The van der Waals surface area contributed by atoms with Crippen molar-refractivity contribution in [2.45, 2.75) is 18.4 Å². The molecule has 0 aromatic heterocycles. The Morgan fingerprint density at radius 3 is 2.04 bits per heavy atom. The van der Waals surface area contributed by atoms with Crippen LogP contribution in [0.15, 0.2) is 83.8 Å². The normalized spacial score (nSPS) is 11.3. The summed E-state index contributed by atoms with van der Waals surface area (Å²) in [5.41, 5.74) is 2.32. The Bertz CT molecular complexity index is 937. The maximum absolute atomic E-state index is 13.2. The zero-order valence-corrected chi connectivity index (χ0v) is 14.6. The van der Waals surface area contributed by atoms with Crippen molar-refractivity contribution in [2.24, 2.45) is 0 Å². The average molecular weight is 355 g/mol. The van der Waals surface area contributed by atoms with Crippen LogP contribution in [0.25, 0.3) is 0 Å². The maximum Gasteiger partial charge on any atom is 0.264 e. The highest BCUT2D eigenvalue weighted by atomic mass is 32.2. The van der Waals surface area contributed by atoms with Gasteiger partial charge in [-0.3, -0.25) is 4.31 Å². The molecule has 25 heavy (non-hydrogen) atoms. The third-order valence-electron chi connectivity index (χ3n) is 3.89. The lowest BCUT2D eigenvalue weighted by atomic mass is 10.2. The van der Waals surface area contributed by atoms with Crippen molar-refractivity contribution >= 4 is 15.7 Å². The molecule has 0 aliphatic carbocycles. The van der Waals surface area contributed by atoms with E-state index < -0.39 is 10.0 Å². The van der Waals surface area contributed by atoms with Gasteiger partial charge in [-0.25, -0.2) is 12.8 Å². The van der Waals surface area contributed by atoms with Gasteiger partial charge in [-0.2, -0.15) is 0 Å². The molecule has 5 heteroatoms. The minimum Gasteiger partial charge on any atom is -0.262 e. The molecule has 0 radical (unpaired) electrons. The van der Waals surface area contributed by atoms with Gasteiger partial charge in [0, 0.05) is 0 Å². The number of benzene rings is 3. The van der Waals surface area contributed by atoms with Crippen LogP contribution in [0.2, 0.25) is 0 Å². The third-order valence-corrected chi connectivity index (χ3v) is 5.68. The second-order valence-electron chi connectivity index (χ2n) is 5.79. The Hall–Kier alpha value is -2.66. The molecule has 3 aromatic carbocycles. The molecule has 0 N–H and O–H groups in total. The molecule has 3 nitrogen and oxygen atoms in total. The summed E-state index contributed by atoms with van der Waals surface area (Å²) in [6.07, 6.45) is 0. The third kappa shape index (κ3) is 3.88. The fourth-order valence-electron chi connectivity index (χ4n) is 2.50. The first-order chi connectivity index (χ1) is 12.0. The van der Waals surface area contributed by atoms with Crippen LogP contribution in [0.4, 0.5) is 10.1 Å². The molecule has 0 heterocycles. The predicted molar refractivity (Wildman–Crippen MR) is 97.4 cm³/mol. The van der Waals surface area contributed by atoms with Gasteiger partial charge in [0.05, 0.1) is 17.1 Å². The fourth-order valence-corrected chi connectivity index (χ4v) is 3.98. The number of aryl methyl sites for hydroxylation is 1. The van der Waals surface area contributed by atoms with Crippen LogP contribution in [0, 0.1) is 12.7 Å². The van der Waals surface area contributed by atoms with Crippen molar-refractivity contribution in [3.63, 3.8) is 0 Å². The molecule has 3 rings (SSSR count). The van der Waals surface area contributed by atoms with Crippen LogP contribution in [-0.4, -0.2) is 8.42 Å². The van der Waals surface area contributed by atoms with Crippen molar-refractivity contribution in [3.05, 3.63) is 95.8 Å². The van der Waals surface area contributed by atoms with Crippen molar-refractivity contribution < 1.29 is 12.8 Å². The quantitative estimate of drug-likeness (QED) is 0.674. The first kappa shape index (κ1) is 17.2. The Morgan fingerprint density at radius 1 is 0.840 bits per heavy atom. The molecule has 0 aliphatic rings. The molecule has 0 saturated heterocycles. The van der Waals surface area contributed by atoms with E-state index >= 15 is 0 Å². The van der Waals surface area contributed by atoms with Gasteiger partial charge >= 0.3 is 0 Å². The lowest BCUT2D eigenvalue weighted by Crippen LogP contribution is -2.30. The van der Waals surface area contributed by atoms with Gasteiger partial charge in [-0.15, -0.1) is 0 Å². The van der Waals surface area contributed by atoms with Gasteiger partial charge in [0.1, 0.15) is 5.82 Å². The first-order valence-corrected chi connectivity index (χ1v) is 9.30. The van der Waals surface area contributed by atoms with Crippen LogP contribution >= 0.6 is 0 Å². The zero-order valence-electron chi connectivity index (χ0n) is 13.8. The highest BCUT2D eigenvalue weighted by molar-refractivity contribution is 7.92. The molecule has 0 fully saturated rings. The SMILES string of the molecule is Cc1ccc(N(Cc2ccc(F)cc2)S(=O)(=O)c2ccccc2)cc1. The minimum atomic E-state index is -3.74. The topological polar surface area (TPSA) is 37.4 Å². The average Bonchev–Trinajstić information content (AvgIpc) is 2.63. The van der Waals surface area contributed by atoms with Crippen molar-refractivity contribution in [1.82, 2.24) is 0 Å². The predicted octanol–water partition coefficient (Wildman–Crippen LogP) is 4.53. The molecule has 0 unspecified atom stereocenters. The molecule has 0 aliphatic heterocycles. The lowest BCUT2D eigenvalue weighted by Gasteiger charge is -2.25. The summed E-state index contributed by atoms with van der Waals surface area (Å²) in [4.78, 5) is 0.220. The number of hydrogen-bond acceptors (Lipinski definition) is 2. The Balaban J connectivity index is 2.05. The zero-order chi connectivity index (χ0) is 17.9. The van der Waals surface area contributed by atoms with Crippen LogP contribution < -0.4 is 4.31 Å². The molecular formula is C20H18FNO2S. The molecule has 128 valence electrons. The largest absolute Gasteiger partial charge is 0.264 e. The second-order valence-corrected chi connectivity index (χ2v) is 7.65. The van der Waals surface area contributed by atoms with Gasteiger partial charge in [0.2, 0.25) is 0 Å². The van der Waals surface area contributed by atoms with Gasteiger partial charge in [0.25, 0.3) is 10.0 Å². The summed E-state index contributed by atoms with van der Waals surface area (Å²) >= 11 is 0. The van der Waals surface area contributed by atoms with Gasteiger partial charge in [-0.05, 0) is 48.9 Å². The summed E-state index contributed by atoms with van der Waals surface area (Å²) in [7, 11) is -3.74. The van der Waals surface area contributed by atoms with E-state index in [0.29, 0.717) is 11.3 Å². The number of sulfonamides is 1. The minimum absolute atomic E-state index is 0.126. The van der Waals surface area contributed by atoms with E-state index in [4.69, 9.17) is 0 Å². The molecule has 0 bridgehead atoms. The monoisotopic (exact) mass is 355 g/mol. The van der Waals surface area contributed by atoms with E-state index in [9.17, 15) is 12.8 Å². The number of hydrogen-bond donors (Lipinski definition) is 0. The molecule has 3 aromatic rings. The Morgan fingerprint density at radius 2 is 1.44 bits per heavy atom. The first-order valence-electron chi connectivity index (χ1n) is 7.86. The van der Waals surface area contributed by atoms with E-state index in [1.54, 1.807) is 54.6 Å². The molecule has 0 spiro atoms. The van der Waals surface area contributed by atoms with Crippen LogP contribution in [0.3, 0.4) is 0 Å². The number of rotatable bonds is 5. The van der Waals surface area contributed by atoms with E-state index in [1.807, 2.05) is 19.1 Å². The maximum atomic E-state index is 13.2. The van der Waals surface area contributed by atoms with E-state index in [2.05, 4.69) is 0 Å². The molecule has 0 atom stereocenters. The van der Waals surface area contributed by atoms with Crippen LogP contribution in [0.1, 0.15) is 11.1 Å². The van der Waals surface area contributed by atoms with Gasteiger partial charge < -0.3 is 0 Å². The Kier molecular flexibility index (Phi) is 4.86. The van der Waals surface area contributed by atoms with Crippen LogP contribution in [0.5, 0.6) is 0 Å². The van der Waals surface area contributed by atoms with Gasteiger partial charge in [-0.1, -0.05) is 48.0 Å². The summed E-state index contributed by atoms with van der Waals surface area (Å²) < 4.78 is 40.8. The number of anilines is 1. The highest BCUT2D eigenvalue weighted by Gasteiger charge is 2.25. The van der Waals surface area contributed by atoms with Crippen molar-refractivity contribution in [1.29, 1.82) is 0 Å². The molecular weight excluding hydrogens is 337 g/mol. The van der Waals surface area contributed by atoms with E-state index in [1.165, 1.54) is 16.4 Å². The summed E-state index contributed by atoms with van der Waals surface area (Å²) in [5.74, 6) is -0.350. The summed E-state index contributed by atoms with van der Waals surface area (Å²) in [6, 6.07) is 21.4. The van der Waals surface area contributed by atoms with Crippen LogP contribution in [-0.2, 0) is 16.6 Å². The molecule has 0 amide bonds. The smallest absolute Gasteiger partial charge is 0.262 e. The molecule has 0 saturated carbocycles. The lowest BCUT2D eigenvalue weighted by molar-refractivity contribution is 0.590. The number of halogens is 1. The standard InChI is InChI=1S/C20H18FNO2S/c1-16-7-13-19(14-8-16)22(15-17-9-11-18(21)12-10-17)25(23,24)20-5-3-2-4-6-20/h2-14H,15H2,1H3. The Labute approximate surface area is 147 Å². The number of nitrogens with zero attached hydrogens (tertiary/aromatic N) is 1. The van der Waals surface area contributed by atoms with E-state index in [-0.39, 0.29) is 17.3 Å². The fraction of sp³-hybridized carbons (Fsp3) is 0.100. The second kappa shape index (κ2) is 7.07. The summed E-state index contributed by atoms with van der Waals surface area (Å²) in [5, 5.41) is 0. The van der Waals surface area contributed by atoms with E-state index in [0.717, 1.165) is 5.56 Å². The highest BCUT2D eigenvalue weighted by Crippen LogP contribution is 2.26. The van der Waals surface area contributed by atoms with Gasteiger partial charge in [0.15, 0.2) is 0 Å². The van der Waals surface area contributed by atoms with Crippen molar-refractivity contribution in [2.75, 3.05) is 4.31 Å². The van der Waals surface area contributed by atoms with Crippen molar-refractivity contribution in [3.8, 4) is 0 Å².